The fourth-order valence-electron chi connectivity index (χ4n) is 3.87. The van der Waals surface area contributed by atoms with Gasteiger partial charge >= 0.3 is 13.2 Å². The number of hydrogen-bond donors (Lipinski definition) is 0. The van der Waals surface area contributed by atoms with Crippen molar-refractivity contribution in [3.05, 3.63) is 23.8 Å². The van der Waals surface area contributed by atoms with Crippen LogP contribution in [-0.2, 0) is 14.0 Å². The van der Waals surface area contributed by atoms with E-state index in [9.17, 15) is 13.6 Å². The Morgan fingerprint density at radius 1 is 1.06 bits per heavy atom. The molecular formula is C23H32BF2NO5. The minimum Gasteiger partial charge on any atom is -0.487 e. The van der Waals surface area contributed by atoms with E-state index in [1.54, 1.807) is 4.90 Å². The van der Waals surface area contributed by atoms with Gasteiger partial charge in [-0.1, -0.05) is 0 Å². The van der Waals surface area contributed by atoms with E-state index >= 15 is 0 Å². The fourth-order valence-corrected chi connectivity index (χ4v) is 3.87. The molecule has 6 nitrogen and oxygen atoms in total. The molecule has 1 aromatic rings. The van der Waals surface area contributed by atoms with Gasteiger partial charge in [0.25, 0.3) is 0 Å². The second-order valence-electron chi connectivity index (χ2n) is 10.5. The van der Waals surface area contributed by atoms with E-state index in [0.717, 1.165) is 12.8 Å². The van der Waals surface area contributed by atoms with Crippen molar-refractivity contribution >= 4 is 18.7 Å². The summed E-state index contributed by atoms with van der Waals surface area (Å²) in [5.41, 5.74) is -1.21. The number of carbonyl (C=O) groups is 1. The Bertz CT molecular complexity index is 842. The SMILES string of the molecule is CC1(OC(=O)N2CCC(COc3c(F)cc(B4OC(C)(C)C(C)(C)O4)cc3F)CC2)CC1. The van der Waals surface area contributed by atoms with Gasteiger partial charge in [-0.25, -0.2) is 13.6 Å². The van der Waals surface area contributed by atoms with Gasteiger partial charge in [0.15, 0.2) is 17.4 Å². The summed E-state index contributed by atoms with van der Waals surface area (Å²) in [6.45, 7) is 10.8. The molecule has 2 aliphatic heterocycles. The zero-order chi connectivity index (χ0) is 23.3. The minimum absolute atomic E-state index is 0.108. The standard InChI is InChI=1S/C23H32BF2NO5/c1-21(2)22(3,4)32-24(31-21)16-12-17(25)19(18(26)13-16)29-14-15-6-10-27(11-7-15)20(28)30-23(5)8-9-23/h12-13,15H,6-11,14H2,1-5H3. The number of likely N-dealkylation sites (tertiary alicyclic amines) is 1. The van der Waals surface area contributed by atoms with E-state index in [1.807, 2.05) is 34.6 Å². The first-order valence-electron chi connectivity index (χ1n) is 11.3. The molecule has 0 atom stereocenters. The summed E-state index contributed by atoms with van der Waals surface area (Å²) in [5.74, 6) is -1.85. The predicted octanol–water partition coefficient (Wildman–Crippen LogP) is 4.04. The van der Waals surface area contributed by atoms with E-state index in [1.165, 1.54) is 12.1 Å². The summed E-state index contributed by atoms with van der Waals surface area (Å²) < 4.78 is 52.2. The third-order valence-corrected chi connectivity index (χ3v) is 7.17. The van der Waals surface area contributed by atoms with Crippen molar-refractivity contribution < 1.29 is 32.4 Å². The lowest BCUT2D eigenvalue weighted by molar-refractivity contribution is 0.00578. The minimum atomic E-state index is -0.847. The molecule has 1 aromatic carbocycles. The first kappa shape index (κ1) is 23.3. The van der Waals surface area contributed by atoms with Gasteiger partial charge < -0.3 is 23.7 Å². The van der Waals surface area contributed by atoms with E-state index in [-0.39, 0.29) is 29.7 Å². The average Bonchev–Trinajstić information content (AvgIpc) is 3.37. The van der Waals surface area contributed by atoms with Crippen LogP contribution in [0.3, 0.4) is 0 Å². The summed E-state index contributed by atoms with van der Waals surface area (Å²) >= 11 is 0. The van der Waals surface area contributed by atoms with Gasteiger partial charge in [0.05, 0.1) is 17.8 Å². The molecule has 4 rings (SSSR count). The van der Waals surface area contributed by atoms with Gasteiger partial charge in [0.2, 0.25) is 0 Å². The number of carbonyl (C=O) groups excluding carboxylic acids is 1. The Kier molecular flexibility index (Phi) is 5.95. The second-order valence-corrected chi connectivity index (χ2v) is 10.5. The van der Waals surface area contributed by atoms with Gasteiger partial charge in [0.1, 0.15) is 5.60 Å². The first-order chi connectivity index (χ1) is 14.9. The maximum Gasteiger partial charge on any atom is 0.495 e. The Morgan fingerprint density at radius 2 is 1.59 bits per heavy atom. The molecule has 0 N–H and O–H groups in total. The van der Waals surface area contributed by atoms with Gasteiger partial charge in [-0.2, -0.15) is 0 Å². The number of rotatable bonds is 5. The zero-order valence-corrected chi connectivity index (χ0v) is 19.5. The molecule has 0 unspecified atom stereocenters. The lowest BCUT2D eigenvalue weighted by atomic mass is 9.79. The van der Waals surface area contributed by atoms with Crippen LogP contribution in [0.4, 0.5) is 13.6 Å². The number of ether oxygens (including phenoxy) is 2. The Hall–Kier alpha value is -1.87. The summed E-state index contributed by atoms with van der Waals surface area (Å²) in [7, 11) is -0.847. The molecule has 1 amide bonds. The monoisotopic (exact) mass is 451 g/mol. The van der Waals surface area contributed by atoms with Gasteiger partial charge in [0, 0.05) is 13.1 Å². The fraction of sp³-hybridized carbons (Fsp3) is 0.696. The molecule has 9 heteroatoms. The quantitative estimate of drug-likeness (QED) is 0.633. The summed E-state index contributed by atoms with van der Waals surface area (Å²) in [5, 5.41) is 0. The van der Waals surface area contributed by atoms with Crippen molar-refractivity contribution in [2.24, 2.45) is 5.92 Å². The van der Waals surface area contributed by atoms with Crippen LogP contribution in [0.1, 0.15) is 60.3 Å². The lowest BCUT2D eigenvalue weighted by Gasteiger charge is -2.32. The smallest absolute Gasteiger partial charge is 0.487 e. The van der Waals surface area contributed by atoms with E-state index in [4.69, 9.17) is 18.8 Å². The van der Waals surface area contributed by atoms with Gasteiger partial charge in [-0.3, -0.25) is 0 Å². The van der Waals surface area contributed by atoms with Crippen LogP contribution < -0.4 is 10.2 Å². The van der Waals surface area contributed by atoms with E-state index in [2.05, 4.69) is 0 Å². The highest BCUT2D eigenvalue weighted by Gasteiger charge is 2.52. The number of halogens is 2. The summed E-state index contributed by atoms with van der Waals surface area (Å²) in [6.07, 6.45) is 2.93. The number of piperidine rings is 1. The zero-order valence-electron chi connectivity index (χ0n) is 19.5. The summed E-state index contributed by atoms with van der Waals surface area (Å²) in [4.78, 5) is 13.9. The third kappa shape index (κ3) is 4.74. The molecule has 0 bridgehead atoms. The molecule has 0 spiro atoms. The van der Waals surface area contributed by atoms with Crippen molar-refractivity contribution in [1.29, 1.82) is 0 Å². The van der Waals surface area contributed by atoms with Crippen molar-refractivity contribution in [3.63, 3.8) is 0 Å². The maximum absolute atomic E-state index is 14.7. The molecular weight excluding hydrogens is 419 g/mol. The Balaban J connectivity index is 1.31. The average molecular weight is 451 g/mol. The number of benzene rings is 1. The number of amides is 1. The molecule has 3 aliphatic rings. The van der Waals surface area contributed by atoms with Crippen LogP contribution in [0.2, 0.25) is 0 Å². The van der Waals surface area contributed by atoms with Gasteiger partial charge in [-0.15, -0.1) is 0 Å². The van der Waals surface area contributed by atoms with Gasteiger partial charge in [-0.05, 0) is 83.8 Å². The van der Waals surface area contributed by atoms with Crippen LogP contribution in [-0.4, -0.2) is 54.6 Å². The molecule has 176 valence electrons. The molecule has 3 fully saturated rings. The molecule has 2 saturated heterocycles. The van der Waals surface area contributed by atoms with Crippen molar-refractivity contribution in [2.75, 3.05) is 19.7 Å². The highest BCUT2D eigenvalue weighted by atomic mass is 19.1. The van der Waals surface area contributed by atoms with Crippen LogP contribution in [0.15, 0.2) is 12.1 Å². The molecule has 1 saturated carbocycles. The molecule has 1 aliphatic carbocycles. The molecule has 0 aromatic heterocycles. The van der Waals surface area contributed by atoms with E-state index < -0.39 is 35.7 Å². The first-order valence-corrected chi connectivity index (χ1v) is 11.3. The highest BCUT2D eigenvalue weighted by molar-refractivity contribution is 6.62. The highest BCUT2D eigenvalue weighted by Crippen LogP contribution is 2.39. The van der Waals surface area contributed by atoms with Crippen LogP contribution in [0.25, 0.3) is 0 Å². The number of nitrogens with zero attached hydrogens (tertiary/aromatic N) is 1. The molecule has 32 heavy (non-hydrogen) atoms. The van der Waals surface area contributed by atoms with Crippen molar-refractivity contribution in [3.8, 4) is 5.75 Å². The number of hydrogen-bond acceptors (Lipinski definition) is 5. The summed E-state index contributed by atoms with van der Waals surface area (Å²) in [6, 6.07) is 2.41. The van der Waals surface area contributed by atoms with Crippen molar-refractivity contribution in [1.82, 2.24) is 4.90 Å². The van der Waals surface area contributed by atoms with E-state index in [0.29, 0.717) is 25.9 Å². The van der Waals surface area contributed by atoms with Crippen LogP contribution in [0, 0.1) is 17.6 Å². The predicted molar refractivity (Wildman–Crippen MR) is 116 cm³/mol. The maximum atomic E-state index is 14.7. The Morgan fingerprint density at radius 3 is 2.09 bits per heavy atom. The third-order valence-electron chi connectivity index (χ3n) is 7.17. The largest absolute Gasteiger partial charge is 0.495 e. The van der Waals surface area contributed by atoms with Crippen molar-refractivity contribution in [2.45, 2.75) is 77.1 Å². The topological polar surface area (TPSA) is 57.2 Å². The lowest BCUT2D eigenvalue weighted by Crippen LogP contribution is -2.41. The molecule has 0 radical (unpaired) electrons. The second kappa shape index (κ2) is 8.17. The van der Waals surface area contributed by atoms with Crippen LogP contribution >= 0.6 is 0 Å². The normalized spacial score (nSPS) is 23.8. The Labute approximate surface area is 188 Å². The van der Waals surface area contributed by atoms with Crippen LogP contribution in [0.5, 0.6) is 5.75 Å². The molecule has 2 heterocycles.